The van der Waals surface area contributed by atoms with Gasteiger partial charge in [-0.1, -0.05) is 29.8 Å². The molecule has 0 radical (unpaired) electrons. The van der Waals surface area contributed by atoms with E-state index >= 15 is 0 Å². The monoisotopic (exact) mass is 249 g/mol. The smallest absolute Gasteiger partial charge is 0.328 e. The average Bonchev–Trinajstić information content (AvgIpc) is 2.33. The normalized spacial score (nSPS) is 12.3. The summed E-state index contributed by atoms with van der Waals surface area (Å²) in [7, 11) is 0. The van der Waals surface area contributed by atoms with Gasteiger partial charge in [-0.25, -0.2) is 4.79 Å². The number of carbonyl (C=O) groups excluding carboxylic acids is 1. The summed E-state index contributed by atoms with van der Waals surface area (Å²) in [5, 5.41) is 19.6. The number of amides is 1. The first-order valence-corrected chi connectivity index (χ1v) is 5.42. The fraction of sp³-hybridized carbons (Fsp3) is 0.231. The zero-order valence-corrected chi connectivity index (χ0v) is 9.96. The second-order valence-electron chi connectivity index (χ2n) is 3.83. The van der Waals surface area contributed by atoms with Crippen LogP contribution in [0.4, 0.5) is 0 Å². The van der Waals surface area contributed by atoms with Gasteiger partial charge in [0.25, 0.3) is 0 Å². The summed E-state index contributed by atoms with van der Waals surface area (Å²) in [6, 6.07) is 6.24. The van der Waals surface area contributed by atoms with Gasteiger partial charge >= 0.3 is 5.97 Å². The average molecular weight is 249 g/mol. The molecule has 1 rings (SSSR count). The van der Waals surface area contributed by atoms with Gasteiger partial charge in [0.2, 0.25) is 5.91 Å². The maximum Gasteiger partial charge on any atom is 0.328 e. The fourth-order valence-corrected chi connectivity index (χ4v) is 1.35. The van der Waals surface area contributed by atoms with E-state index in [2.05, 4.69) is 5.32 Å². The lowest BCUT2D eigenvalue weighted by atomic mass is 10.1. The van der Waals surface area contributed by atoms with Gasteiger partial charge in [0.05, 0.1) is 6.61 Å². The molecule has 0 aliphatic heterocycles. The van der Waals surface area contributed by atoms with Crippen molar-refractivity contribution in [3.05, 3.63) is 41.5 Å². The number of rotatable bonds is 5. The number of benzene rings is 1. The van der Waals surface area contributed by atoms with E-state index < -0.39 is 24.5 Å². The molecule has 18 heavy (non-hydrogen) atoms. The summed E-state index contributed by atoms with van der Waals surface area (Å²) in [6.07, 6.45) is 2.82. The van der Waals surface area contributed by atoms with Crippen LogP contribution in [0.15, 0.2) is 30.3 Å². The van der Waals surface area contributed by atoms with Crippen molar-refractivity contribution in [3.8, 4) is 0 Å². The van der Waals surface area contributed by atoms with Gasteiger partial charge in [-0.05, 0) is 18.6 Å². The Hall–Kier alpha value is -2.14. The Bertz CT molecular complexity index is 468. The summed E-state index contributed by atoms with van der Waals surface area (Å²) in [5.41, 5.74) is 1.91. The molecule has 1 aromatic carbocycles. The van der Waals surface area contributed by atoms with Crippen LogP contribution in [0.3, 0.4) is 0 Å². The van der Waals surface area contributed by atoms with Crippen LogP contribution in [0.25, 0.3) is 6.08 Å². The van der Waals surface area contributed by atoms with Crippen molar-refractivity contribution in [2.24, 2.45) is 0 Å². The number of carbonyl (C=O) groups is 2. The summed E-state index contributed by atoms with van der Waals surface area (Å²) in [4.78, 5) is 22.0. The molecule has 0 aliphatic rings. The van der Waals surface area contributed by atoms with E-state index in [0.29, 0.717) is 0 Å². The van der Waals surface area contributed by atoms with Crippen LogP contribution in [-0.4, -0.2) is 34.7 Å². The minimum atomic E-state index is -1.28. The Balaban J connectivity index is 2.62. The van der Waals surface area contributed by atoms with E-state index in [-0.39, 0.29) is 0 Å². The van der Waals surface area contributed by atoms with E-state index in [1.807, 2.05) is 31.2 Å². The lowest BCUT2D eigenvalue weighted by Gasteiger charge is -2.09. The number of aryl methyl sites for hydroxylation is 1. The molecule has 96 valence electrons. The standard InChI is InChI=1S/C13H15NO4/c1-9-3-2-4-10(7-9)5-6-12(16)14-11(8-15)13(17)18/h2-7,11,15H,8H2,1H3,(H,14,16)(H,17,18)/b6-5+/t11-/m0/s1. The van der Waals surface area contributed by atoms with Crippen molar-refractivity contribution in [3.63, 3.8) is 0 Å². The first-order valence-electron chi connectivity index (χ1n) is 5.42. The molecule has 0 aromatic heterocycles. The van der Waals surface area contributed by atoms with Crippen LogP contribution in [0.2, 0.25) is 0 Å². The van der Waals surface area contributed by atoms with Gasteiger partial charge in [-0.15, -0.1) is 0 Å². The molecular formula is C13H15NO4. The van der Waals surface area contributed by atoms with Gasteiger partial charge in [-0.2, -0.15) is 0 Å². The molecule has 1 amide bonds. The van der Waals surface area contributed by atoms with Crippen LogP contribution in [0.1, 0.15) is 11.1 Å². The van der Waals surface area contributed by atoms with Crippen molar-refractivity contribution in [1.82, 2.24) is 5.32 Å². The highest BCUT2D eigenvalue weighted by molar-refractivity contribution is 5.94. The SMILES string of the molecule is Cc1cccc(/C=C/C(=O)N[C@@H](CO)C(=O)O)c1. The number of carboxylic acid groups (broad SMARTS) is 1. The Kier molecular flexibility index (Phi) is 5.07. The fourth-order valence-electron chi connectivity index (χ4n) is 1.35. The highest BCUT2D eigenvalue weighted by atomic mass is 16.4. The predicted octanol–water partition coefficient (Wildman–Crippen LogP) is 0.570. The topological polar surface area (TPSA) is 86.6 Å². The van der Waals surface area contributed by atoms with Gasteiger partial charge < -0.3 is 15.5 Å². The molecule has 0 heterocycles. The third-order valence-electron chi connectivity index (χ3n) is 2.27. The number of hydrogen-bond acceptors (Lipinski definition) is 3. The van der Waals surface area contributed by atoms with Crippen LogP contribution in [0, 0.1) is 6.92 Å². The Morgan fingerprint density at radius 1 is 1.44 bits per heavy atom. The minimum absolute atomic E-state index is 0.557. The summed E-state index contributed by atoms with van der Waals surface area (Å²) < 4.78 is 0. The van der Waals surface area contributed by atoms with Crippen molar-refractivity contribution in [2.45, 2.75) is 13.0 Å². The van der Waals surface area contributed by atoms with E-state index in [9.17, 15) is 9.59 Å². The molecule has 5 heteroatoms. The van der Waals surface area contributed by atoms with Gasteiger partial charge in [0, 0.05) is 6.08 Å². The second kappa shape index (κ2) is 6.56. The highest BCUT2D eigenvalue weighted by Gasteiger charge is 2.16. The zero-order chi connectivity index (χ0) is 13.5. The van der Waals surface area contributed by atoms with Crippen molar-refractivity contribution in [1.29, 1.82) is 0 Å². The molecular weight excluding hydrogens is 234 g/mol. The first-order chi connectivity index (χ1) is 8.52. The Morgan fingerprint density at radius 3 is 2.72 bits per heavy atom. The van der Waals surface area contributed by atoms with Gasteiger partial charge in [0.15, 0.2) is 6.04 Å². The summed E-state index contributed by atoms with van der Waals surface area (Å²) in [5.74, 6) is -1.83. The number of aliphatic hydroxyl groups is 1. The lowest BCUT2D eigenvalue weighted by molar-refractivity contribution is -0.142. The van der Waals surface area contributed by atoms with Gasteiger partial charge in [0.1, 0.15) is 0 Å². The minimum Gasteiger partial charge on any atom is -0.480 e. The molecule has 3 N–H and O–H groups in total. The van der Waals surface area contributed by atoms with E-state index in [1.165, 1.54) is 6.08 Å². The highest BCUT2D eigenvalue weighted by Crippen LogP contribution is 2.05. The molecule has 0 fully saturated rings. The Labute approximate surface area is 105 Å². The molecule has 0 spiro atoms. The van der Waals surface area contributed by atoms with Crippen molar-refractivity contribution in [2.75, 3.05) is 6.61 Å². The predicted molar refractivity (Wildman–Crippen MR) is 66.9 cm³/mol. The summed E-state index contributed by atoms with van der Waals surface area (Å²) >= 11 is 0. The number of aliphatic carboxylic acids is 1. The van der Waals surface area contributed by atoms with E-state index in [4.69, 9.17) is 10.2 Å². The third-order valence-corrected chi connectivity index (χ3v) is 2.27. The number of aliphatic hydroxyl groups excluding tert-OH is 1. The second-order valence-corrected chi connectivity index (χ2v) is 3.83. The van der Waals surface area contributed by atoms with Gasteiger partial charge in [-0.3, -0.25) is 4.79 Å². The largest absolute Gasteiger partial charge is 0.480 e. The summed E-state index contributed by atoms with van der Waals surface area (Å²) in [6.45, 7) is 1.29. The molecule has 0 saturated heterocycles. The van der Waals surface area contributed by atoms with Crippen LogP contribution >= 0.6 is 0 Å². The van der Waals surface area contributed by atoms with E-state index in [0.717, 1.165) is 11.1 Å². The van der Waals surface area contributed by atoms with E-state index in [1.54, 1.807) is 6.08 Å². The molecule has 0 saturated carbocycles. The molecule has 0 bridgehead atoms. The number of nitrogens with one attached hydrogen (secondary N) is 1. The Morgan fingerprint density at radius 2 is 2.17 bits per heavy atom. The van der Waals surface area contributed by atoms with Crippen molar-refractivity contribution >= 4 is 18.0 Å². The quantitative estimate of drug-likeness (QED) is 0.666. The first kappa shape index (κ1) is 13.9. The number of hydrogen-bond donors (Lipinski definition) is 3. The number of carboxylic acids is 1. The van der Waals surface area contributed by atoms with Crippen LogP contribution in [0.5, 0.6) is 0 Å². The maximum absolute atomic E-state index is 11.4. The van der Waals surface area contributed by atoms with Crippen LogP contribution < -0.4 is 5.32 Å². The van der Waals surface area contributed by atoms with Crippen molar-refractivity contribution < 1.29 is 19.8 Å². The van der Waals surface area contributed by atoms with Crippen LogP contribution in [-0.2, 0) is 9.59 Å². The molecule has 5 nitrogen and oxygen atoms in total. The molecule has 0 unspecified atom stereocenters. The molecule has 1 atom stereocenters. The zero-order valence-electron chi connectivity index (χ0n) is 9.96. The molecule has 0 aliphatic carbocycles. The third kappa shape index (κ3) is 4.39. The maximum atomic E-state index is 11.4. The molecule has 1 aromatic rings. The lowest BCUT2D eigenvalue weighted by Crippen LogP contribution is -2.42.